The number of rotatable bonds is 5. The fraction of sp³-hybridized carbons (Fsp3) is 0.353. The Bertz CT molecular complexity index is 585. The molecule has 0 fully saturated rings. The number of nitrogens with one attached hydrogen (secondary N) is 1. The van der Waals surface area contributed by atoms with E-state index in [0.717, 1.165) is 12.1 Å². The second kappa shape index (κ2) is 6.42. The van der Waals surface area contributed by atoms with E-state index in [4.69, 9.17) is 0 Å². The first-order valence-electron chi connectivity index (χ1n) is 7.13. The quantitative estimate of drug-likeness (QED) is 0.886. The molecule has 0 atom stereocenters. The summed E-state index contributed by atoms with van der Waals surface area (Å²) in [7, 11) is 0. The zero-order valence-electron chi connectivity index (χ0n) is 12.4. The van der Waals surface area contributed by atoms with Gasteiger partial charge in [-0.3, -0.25) is 4.79 Å². The molecular weight excluding hydrogens is 248 g/mol. The normalized spacial score (nSPS) is 10.6. The van der Waals surface area contributed by atoms with E-state index >= 15 is 0 Å². The van der Waals surface area contributed by atoms with Crippen LogP contribution in [0, 0.1) is 13.8 Å². The number of hydrogen-bond acceptors (Lipinski definition) is 1. The number of benzene rings is 1. The summed E-state index contributed by atoms with van der Waals surface area (Å²) in [6.45, 7) is 6.81. The van der Waals surface area contributed by atoms with Crippen LogP contribution in [-0.4, -0.2) is 10.5 Å². The van der Waals surface area contributed by atoms with Gasteiger partial charge in [0.1, 0.15) is 0 Å². The molecule has 2 aromatic rings. The summed E-state index contributed by atoms with van der Waals surface area (Å²) in [5, 5.41) is 2.98. The highest BCUT2D eigenvalue weighted by Gasteiger charge is 2.11. The third-order valence-electron chi connectivity index (χ3n) is 3.50. The number of aromatic nitrogens is 1. The Morgan fingerprint density at radius 1 is 1.20 bits per heavy atom. The third-order valence-corrected chi connectivity index (χ3v) is 3.50. The van der Waals surface area contributed by atoms with Crippen LogP contribution in [0.5, 0.6) is 0 Å². The average molecular weight is 270 g/mol. The SMILES string of the molecule is CCCC(=O)NCc1cc(C)n(-c2ccccc2)c1C. The smallest absolute Gasteiger partial charge is 0.220 e. The highest BCUT2D eigenvalue weighted by molar-refractivity contribution is 5.75. The lowest BCUT2D eigenvalue weighted by Crippen LogP contribution is -2.22. The molecule has 0 radical (unpaired) electrons. The molecule has 0 aliphatic rings. The van der Waals surface area contributed by atoms with E-state index in [9.17, 15) is 4.79 Å². The molecule has 1 N–H and O–H groups in total. The van der Waals surface area contributed by atoms with Crippen LogP contribution in [0.1, 0.15) is 36.7 Å². The van der Waals surface area contributed by atoms with Gasteiger partial charge in [-0.1, -0.05) is 25.1 Å². The minimum atomic E-state index is 0.122. The first kappa shape index (κ1) is 14.4. The second-order valence-electron chi connectivity index (χ2n) is 5.09. The van der Waals surface area contributed by atoms with E-state index in [-0.39, 0.29) is 5.91 Å². The van der Waals surface area contributed by atoms with Crippen LogP contribution < -0.4 is 5.32 Å². The van der Waals surface area contributed by atoms with Crippen molar-refractivity contribution in [1.29, 1.82) is 0 Å². The van der Waals surface area contributed by atoms with Gasteiger partial charge >= 0.3 is 0 Å². The Kier molecular flexibility index (Phi) is 4.61. The van der Waals surface area contributed by atoms with Crippen molar-refractivity contribution < 1.29 is 4.79 Å². The number of hydrogen-bond donors (Lipinski definition) is 1. The molecule has 1 heterocycles. The summed E-state index contributed by atoms with van der Waals surface area (Å²) in [5.41, 5.74) is 4.71. The van der Waals surface area contributed by atoms with Gasteiger partial charge in [-0.05, 0) is 44.0 Å². The highest BCUT2D eigenvalue weighted by atomic mass is 16.1. The first-order chi connectivity index (χ1) is 9.63. The summed E-state index contributed by atoms with van der Waals surface area (Å²) in [5.74, 6) is 0.122. The standard InChI is InChI=1S/C17H22N2O/c1-4-8-17(20)18-12-15-11-13(2)19(14(15)3)16-9-6-5-7-10-16/h5-7,9-11H,4,8,12H2,1-3H3,(H,18,20). The molecule has 0 unspecified atom stereocenters. The maximum Gasteiger partial charge on any atom is 0.220 e. The summed E-state index contributed by atoms with van der Waals surface area (Å²) < 4.78 is 2.22. The average Bonchev–Trinajstić information content (AvgIpc) is 2.72. The lowest BCUT2D eigenvalue weighted by atomic mass is 10.2. The number of para-hydroxylation sites is 1. The van der Waals surface area contributed by atoms with Gasteiger partial charge in [-0.25, -0.2) is 0 Å². The van der Waals surface area contributed by atoms with Gasteiger partial charge in [-0.15, -0.1) is 0 Å². The summed E-state index contributed by atoms with van der Waals surface area (Å²) in [6, 6.07) is 12.4. The molecule has 0 saturated heterocycles. The molecule has 1 aromatic carbocycles. The molecule has 2 rings (SSSR count). The van der Waals surface area contributed by atoms with Crippen molar-refractivity contribution >= 4 is 5.91 Å². The number of aryl methyl sites for hydroxylation is 1. The van der Waals surface area contributed by atoms with Crippen molar-refractivity contribution in [2.24, 2.45) is 0 Å². The zero-order chi connectivity index (χ0) is 14.5. The van der Waals surface area contributed by atoms with E-state index in [2.05, 4.69) is 41.9 Å². The van der Waals surface area contributed by atoms with Gasteiger partial charge in [0.15, 0.2) is 0 Å². The van der Waals surface area contributed by atoms with E-state index in [1.165, 1.54) is 17.0 Å². The van der Waals surface area contributed by atoms with Gasteiger partial charge < -0.3 is 9.88 Å². The van der Waals surface area contributed by atoms with Gasteiger partial charge in [0.05, 0.1) is 0 Å². The predicted molar refractivity (Wildman–Crippen MR) is 82.0 cm³/mol. The predicted octanol–water partition coefficient (Wildman–Crippen LogP) is 3.51. The highest BCUT2D eigenvalue weighted by Crippen LogP contribution is 2.20. The second-order valence-corrected chi connectivity index (χ2v) is 5.09. The van der Waals surface area contributed by atoms with Gasteiger partial charge in [0, 0.05) is 30.0 Å². The lowest BCUT2D eigenvalue weighted by molar-refractivity contribution is -0.121. The van der Waals surface area contributed by atoms with Gasteiger partial charge in [-0.2, -0.15) is 0 Å². The molecule has 1 aromatic heterocycles. The molecule has 3 nitrogen and oxygen atoms in total. The Balaban J connectivity index is 2.19. The number of amides is 1. The van der Waals surface area contributed by atoms with Gasteiger partial charge in [0.2, 0.25) is 5.91 Å². The van der Waals surface area contributed by atoms with Crippen LogP contribution in [0.25, 0.3) is 5.69 Å². The van der Waals surface area contributed by atoms with Crippen LogP contribution in [0.2, 0.25) is 0 Å². The van der Waals surface area contributed by atoms with Crippen molar-refractivity contribution in [3.05, 3.63) is 53.3 Å². The van der Waals surface area contributed by atoms with Crippen LogP contribution in [0.4, 0.5) is 0 Å². The molecule has 3 heteroatoms. The van der Waals surface area contributed by atoms with E-state index in [0.29, 0.717) is 13.0 Å². The minimum Gasteiger partial charge on any atom is -0.352 e. The molecule has 0 spiro atoms. The Hall–Kier alpha value is -2.03. The molecule has 106 valence electrons. The Morgan fingerprint density at radius 2 is 1.90 bits per heavy atom. The van der Waals surface area contributed by atoms with Crippen molar-refractivity contribution in [2.75, 3.05) is 0 Å². The molecule has 0 bridgehead atoms. The first-order valence-corrected chi connectivity index (χ1v) is 7.13. The maximum absolute atomic E-state index is 11.6. The molecule has 0 aliphatic carbocycles. The topological polar surface area (TPSA) is 34.0 Å². The number of carbonyl (C=O) groups is 1. The third kappa shape index (κ3) is 3.10. The fourth-order valence-electron chi connectivity index (χ4n) is 2.49. The van der Waals surface area contributed by atoms with E-state index < -0.39 is 0 Å². The maximum atomic E-state index is 11.6. The molecule has 20 heavy (non-hydrogen) atoms. The van der Waals surface area contributed by atoms with Crippen LogP contribution in [-0.2, 0) is 11.3 Å². The molecule has 0 saturated carbocycles. The molecule has 1 amide bonds. The van der Waals surface area contributed by atoms with Crippen molar-refractivity contribution in [3.8, 4) is 5.69 Å². The lowest BCUT2D eigenvalue weighted by Gasteiger charge is -2.10. The van der Waals surface area contributed by atoms with Gasteiger partial charge in [0.25, 0.3) is 0 Å². The Labute approximate surface area is 120 Å². The summed E-state index contributed by atoms with van der Waals surface area (Å²) in [6.07, 6.45) is 1.48. The van der Waals surface area contributed by atoms with Crippen molar-refractivity contribution in [3.63, 3.8) is 0 Å². The number of carbonyl (C=O) groups excluding carboxylic acids is 1. The summed E-state index contributed by atoms with van der Waals surface area (Å²) in [4.78, 5) is 11.6. The van der Waals surface area contributed by atoms with E-state index in [1.54, 1.807) is 0 Å². The Morgan fingerprint density at radius 3 is 2.55 bits per heavy atom. The number of nitrogens with zero attached hydrogens (tertiary/aromatic N) is 1. The molecule has 0 aliphatic heterocycles. The minimum absolute atomic E-state index is 0.122. The van der Waals surface area contributed by atoms with Crippen LogP contribution in [0.15, 0.2) is 36.4 Å². The monoisotopic (exact) mass is 270 g/mol. The van der Waals surface area contributed by atoms with Crippen LogP contribution >= 0.6 is 0 Å². The molecular formula is C17H22N2O. The zero-order valence-corrected chi connectivity index (χ0v) is 12.4. The van der Waals surface area contributed by atoms with Crippen molar-refractivity contribution in [2.45, 2.75) is 40.2 Å². The van der Waals surface area contributed by atoms with E-state index in [1.807, 2.05) is 25.1 Å². The van der Waals surface area contributed by atoms with Crippen molar-refractivity contribution in [1.82, 2.24) is 9.88 Å². The van der Waals surface area contributed by atoms with Crippen LogP contribution in [0.3, 0.4) is 0 Å². The fourth-order valence-corrected chi connectivity index (χ4v) is 2.49. The summed E-state index contributed by atoms with van der Waals surface area (Å²) >= 11 is 0. The largest absolute Gasteiger partial charge is 0.352 e.